The van der Waals surface area contributed by atoms with Gasteiger partial charge >= 0.3 is 0 Å². The van der Waals surface area contributed by atoms with Gasteiger partial charge in [0.15, 0.2) is 11.7 Å². The maximum atomic E-state index is 13.2. The van der Waals surface area contributed by atoms with Crippen molar-refractivity contribution in [2.24, 2.45) is 0 Å². The molecule has 0 aliphatic heterocycles. The highest BCUT2D eigenvalue weighted by Gasteiger charge is 2.29. The number of hydrogen-bond acceptors (Lipinski definition) is 5. The van der Waals surface area contributed by atoms with Gasteiger partial charge in [-0.25, -0.2) is 17.8 Å². The first-order chi connectivity index (χ1) is 11.9. The minimum atomic E-state index is -3.80. The van der Waals surface area contributed by atoms with E-state index in [1.54, 1.807) is 12.3 Å². The molecule has 25 heavy (non-hydrogen) atoms. The quantitative estimate of drug-likeness (QED) is 0.665. The van der Waals surface area contributed by atoms with Gasteiger partial charge in [-0.05, 0) is 43.2 Å². The number of thiophene rings is 1. The molecule has 4 rings (SSSR count). The van der Waals surface area contributed by atoms with E-state index in [1.807, 2.05) is 0 Å². The molecular weight excluding hydrogens is 387 g/mol. The van der Waals surface area contributed by atoms with Gasteiger partial charge in [0.2, 0.25) is 0 Å². The third kappa shape index (κ3) is 3.42. The minimum absolute atomic E-state index is 0.118. The number of benzene rings is 1. The van der Waals surface area contributed by atoms with E-state index >= 15 is 0 Å². The number of aromatic nitrogens is 1. The molecule has 1 N–H and O–H groups in total. The minimum Gasteiger partial charge on any atom is -0.440 e. The summed E-state index contributed by atoms with van der Waals surface area (Å²) in [6.07, 6.45) is 3.77. The lowest BCUT2D eigenvalue weighted by Gasteiger charge is -2.06. The zero-order chi connectivity index (χ0) is 17.6. The summed E-state index contributed by atoms with van der Waals surface area (Å²) in [6, 6.07) is 6.81. The van der Waals surface area contributed by atoms with Gasteiger partial charge in [-0.2, -0.15) is 0 Å². The van der Waals surface area contributed by atoms with Gasteiger partial charge in [-0.3, -0.25) is 4.72 Å². The molecule has 130 valence electrons. The van der Waals surface area contributed by atoms with E-state index in [9.17, 15) is 12.8 Å². The van der Waals surface area contributed by atoms with Crippen molar-refractivity contribution in [3.63, 3.8) is 0 Å². The van der Waals surface area contributed by atoms with Crippen LogP contribution in [0.5, 0.6) is 0 Å². The predicted octanol–water partition coefficient (Wildman–Crippen LogP) is 4.87. The van der Waals surface area contributed by atoms with E-state index in [4.69, 9.17) is 16.0 Å². The molecule has 9 heteroatoms. The summed E-state index contributed by atoms with van der Waals surface area (Å²) in [5.74, 6) is 1.03. The van der Waals surface area contributed by atoms with Crippen LogP contribution in [-0.2, 0) is 10.0 Å². The molecular formula is C16H12ClFN2O3S2. The number of nitrogens with one attached hydrogen (secondary N) is 1. The van der Waals surface area contributed by atoms with Crippen LogP contribution in [0.4, 0.5) is 10.1 Å². The normalized spacial score (nSPS) is 14.6. The van der Waals surface area contributed by atoms with Gasteiger partial charge in [0.05, 0.1) is 21.8 Å². The molecule has 0 atom stereocenters. The highest BCUT2D eigenvalue weighted by molar-refractivity contribution is 7.94. The first kappa shape index (κ1) is 16.6. The molecule has 2 aromatic heterocycles. The van der Waals surface area contributed by atoms with Gasteiger partial charge in [0.25, 0.3) is 10.0 Å². The van der Waals surface area contributed by atoms with E-state index in [0.717, 1.165) is 30.2 Å². The summed E-state index contributed by atoms with van der Waals surface area (Å²) in [6.45, 7) is 0. The summed E-state index contributed by atoms with van der Waals surface area (Å²) in [5, 5.41) is -0.152. The van der Waals surface area contributed by atoms with Crippen molar-refractivity contribution < 1.29 is 17.2 Å². The molecule has 3 aromatic rings. The monoisotopic (exact) mass is 398 g/mol. The van der Waals surface area contributed by atoms with Crippen LogP contribution < -0.4 is 4.72 Å². The molecule has 1 aromatic carbocycles. The number of anilines is 1. The van der Waals surface area contributed by atoms with Crippen molar-refractivity contribution in [3.05, 3.63) is 53.3 Å². The summed E-state index contributed by atoms with van der Waals surface area (Å²) in [5.41, 5.74) is 0.192. The van der Waals surface area contributed by atoms with Crippen molar-refractivity contribution in [3.8, 4) is 10.6 Å². The molecule has 1 saturated carbocycles. The smallest absolute Gasteiger partial charge is 0.271 e. The Hall–Kier alpha value is -1.90. The van der Waals surface area contributed by atoms with Crippen LogP contribution in [0.2, 0.25) is 5.02 Å². The van der Waals surface area contributed by atoms with Crippen molar-refractivity contribution >= 4 is 38.6 Å². The molecule has 0 spiro atoms. The fourth-order valence-electron chi connectivity index (χ4n) is 2.28. The Bertz CT molecular complexity index is 1040. The molecule has 0 bridgehead atoms. The number of halogens is 2. The molecule has 0 saturated heterocycles. The molecule has 5 nitrogen and oxygen atoms in total. The van der Waals surface area contributed by atoms with E-state index in [-0.39, 0.29) is 14.9 Å². The average molecular weight is 399 g/mol. The Morgan fingerprint density at radius 1 is 1.28 bits per heavy atom. The lowest BCUT2D eigenvalue weighted by molar-refractivity contribution is 0.510. The van der Waals surface area contributed by atoms with E-state index in [0.29, 0.717) is 22.4 Å². The van der Waals surface area contributed by atoms with E-state index < -0.39 is 15.8 Å². The maximum Gasteiger partial charge on any atom is 0.271 e. The van der Waals surface area contributed by atoms with E-state index in [2.05, 4.69) is 9.71 Å². The molecule has 0 radical (unpaired) electrons. The first-order valence-electron chi connectivity index (χ1n) is 7.46. The Balaban J connectivity index is 1.57. The summed E-state index contributed by atoms with van der Waals surface area (Å²) < 4.78 is 46.3. The van der Waals surface area contributed by atoms with Crippen LogP contribution in [0, 0.1) is 5.82 Å². The highest BCUT2D eigenvalue weighted by Crippen LogP contribution is 2.41. The Kier molecular flexibility index (Phi) is 4.05. The zero-order valence-corrected chi connectivity index (χ0v) is 15.1. The first-order valence-corrected chi connectivity index (χ1v) is 10.1. The Labute approximate surface area is 152 Å². The van der Waals surface area contributed by atoms with Gasteiger partial charge < -0.3 is 4.42 Å². The standard InChI is InChI=1S/C16H12ClFN2O3S2/c17-11-7-10(3-4-12(11)18)20-25(21,22)15-6-5-14(24-15)13-8-19-16(23-13)9-1-2-9/h3-9,20H,1-2H2. The molecule has 1 fully saturated rings. The number of nitrogens with zero attached hydrogens (tertiary/aromatic N) is 1. The van der Waals surface area contributed by atoms with Crippen molar-refractivity contribution in [1.82, 2.24) is 4.98 Å². The van der Waals surface area contributed by atoms with Crippen LogP contribution in [0.1, 0.15) is 24.7 Å². The zero-order valence-electron chi connectivity index (χ0n) is 12.7. The van der Waals surface area contributed by atoms with Crippen molar-refractivity contribution in [2.45, 2.75) is 23.0 Å². The predicted molar refractivity (Wildman–Crippen MR) is 94.0 cm³/mol. The second kappa shape index (κ2) is 6.12. The van der Waals surface area contributed by atoms with Crippen LogP contribution in [0.15, 0.2) is 45.2 Å². The lowest BCUT2D eigenvalue weighted by atomic mass is 10.3. The number of oxazole rings is 1. The third-order valence-electron chi connectivity index (χ3n) is 3.71. The summed E-state index contributed by atoms with van der Waals surface area (Å²) in [4.78, 5) is 4.91. The maximum absolute atomic E-state index is 13.2. The second-order valence-corrected chi connectivity index (χ2v) is 9.09. The molecule has 2 heterocycles. The van der Waals surface area contributed by atoms with Crippen LogP contribution in [0.25, 0.3) is 10.6 Å². The average Bonchev–Trinajstić information content (AvgIpc) is 3.10. The topological polar surface area (TPSA) is 72.2 Å². The lowest BCUT2D eigenvalue weighted by Crippen LogP contribution is -2.11. The SMILES string of the molecule is O=S(=O)(Nc1ccc(F)c(Cl)c1)c1ccc(-c2cnc(C3CC3)o2)s1. The largest absolute Gasteiger partial charge is 0.440 e. The van der Waals surface area contributed by atoms with Crippen molar-refractivity contribution in [2.75, 3.05) is 4.72 Å². The number of rotatable bonds is 5. The summed E-state index contributed by atoms with van der Waals surface area (Å²) >= 11 is 6.75. The summed E-state index contributed by atoms with van der Waals surface area (Å²) in [7, 11) is -3.80. The van der Waals surface area contributed by atoms with Gasteiger partial charge in [-0.1, -0.05) is 11.6 Å². The highest BCUT2D eigenvalue weighted by atomic mass is 35.5. The van der Waals surface area contributed by atoms with Gasteiger partial charge in [0, 0.05) is 5.92 Å². The van der Waals surface area contributed by atoms with Gasteiger partial charge in [-0.15, -0.1) is 11.3 Å². The van der Waals surface area contributed by atoms with Crippen LogP contribution >= 0.6 is 22.9 Å². The van der Waals surface area contributed by atoms with E-state index in [1.165, 1.54) is 18.2 Å². The molecule has 1 aliphatic carbocycles. The van der Waals surface area contributed by atoms with Crippen LogP contribution in [0.3, 0.4) is 0 Å². The molecule has 1 aliphatic rings. The second-order valence-electron chi connectivity index (χ2n) is 5.69. The molecule has 0 amide bonds. The van der Waals surface area contributed by atoms with Gasteiger partial charge in [0.1, 0.15) is 10.0 Å². The number of hydrogen-bond donors (Lipinski definition) is 1. The van der Waals surface area contributed by atoms with Crippen molar-refractivity contribution in [1.29, 1.82) is 0 Å². The Morgan fingerprint density at radius 3 is 2.80 bits per heavy atom. The Morgan fingerprint density at radius 2 is 2.08 bits per heavy atom. The molecule has 0 unspecified atom stereocenters. The third-order valence-corrected chi connectivity index (χ3v) is 6.97. The fourth-order valence-corrected chi connectivity index (χ4v) is 4.77. The number of sulfonamides is 1. The van der Waals surface area contributed by atoms with Crippen LogP contribution in [-0.4, -0.2) is 13.4 Å². The fraction of sp³-hybridized carbons (Fsp3) is 0.188.